The van der Waals surface area contributed by atoms with E-state index in [1.54, 1.807) is 25.3 Å². The first kappa shape index (κ1) is 19.8. The molecule has 1 N–H and O–H groups in total. The molecule has 0 atom stereocenters. The van der Waals surface area contributed by atoms with Gasteiger partial charge in [0.2, 0.25) is 15.9 Å². The Morgan fingerprint density at radius 3 is 2.54 bits per heavy atom. The number of amides is 1. The molecule has 140 valence electrons. The average molecular weight is 376 g/mol. The second-order valence-corrected chi connectivity index (χ2v) is 7.97. The van der Waals surface area contributed by atoms with Gasteiger partial charge < -0.3 is 10.1 Å². The van der Waals surface area contributed by atoms with Crippen molar-refractivity contribution in [1.82, 2.24) is 5.32 Å². The number of ether oxygens (including phenoxy) is 1. The first-order chi connectivity index (χ1) is 12.3. The summed E-state index contributed by atoms with van der Waals surface area (Å²) in [4.78, 5) is 12.2. The molecular weight excluding hydrogens is 352 g/mol. The molecule has 0 fully saturated rings. The van der Waals surface area contributed by atoms with Gasteiger partial charge in [-0.2, -0.15) is 0 Å². The molecule has 0 aliphatic heterocycles. The van der Waals surface area contributed by atoms with Gasteiger partial charge >= 0.3 is 0 Å². The maximum atomic E-state index is 12.2. The summed E-state index contributed by atoms with van der Waals surface area (Å²) in [7, 11) is -1.96. The van der Waals surface area contributed by atoms with Crippen molar-refractivity contribution in [2.24, 2.45) is 0 Å². The van der Waals surface area contributed by atoms with Gasteiger partial charge in [0.25, 0.3) is 0 Å². The van der Waals surface area contributed by atoms with E-state index in [0.29, 0.717) is 18.7 Å². The Bertz CT molecular complexity index is 865. The van der Waals surface area contributed by atoms with Gasteiger partial charge in [0.1, 0.15) is 12.3 Å². The summed E-state index contributed by atoms with van der Waals surface area (Å²) >= 11 is 0. The Hall–Kier alpha value is -2.54. The number of methoxy groups -OCH3 is 1. The van der Waals surface area contributed by atoms with Crippen LogP contribution in [-0.4, -0.2) is 40.8 Å². The van der Waals surface area contributed by atoms with E-state index >= 15 is 0 Å². The van der Waals surface area contributed by atoms with Crippen LogP contribution in [0.3, 0.4) is 0 Å². The topological polar surface area (TPSA) is 75.7 Å². The molecule has 0 radical (unpaired) electrons. The van der Waals surface area contributed by atoms with Crippen LogP contribution in [0.1, 0.15) is 11.1 Å². The second kappa shape index (κ2) is 8.71. The first-order valence-corrected chi connectivity index (χ1v) is 10.1. The Labute approximate surface area is 154 Å². The molecule has 2 rings (SSSR count). The van der Waals surface area contributed by atoms with Crippen molar-refractivity contribution in [3.8, 4) is 5.75 Å². The van der Waals surface area contributed by atoms with Crippen LogP contribution >= 0.6 is 0 Å². The summed E-state index contributed by atoms with van der Waals surface area (Å²) in [6.07, 6.45) is 1.73. The van der Waals surface area contributed by atoms with Crippen LogP contribution in [0, 0.1) is 6.92 Å². The number of sulfonamides is 1. The van der Waals surface area contributed by atoms with Crippen molar-refractivity contribution in [2.75, 3.05) is 30.8 Å². The van der Waals surface area contributed by atoms with E-state index in [4.69, 9.17) is 4.74 Å². The lowest BCUT2D eigenvalue weighted by Gasteiger charge is -2.22. The van der Waals surface area contributed by atoms with Crippen molar-refractivity contribution >= 4 is 21.6 Å². The van der Waals surface area contributed by atoms with E-state index in [9.17, 15) is 13.2 Å². The smallest absolute Gasteiger partial charge is 0.240 e. The van der Waals surface area contributed by atoms with E-state index in [2.05, 4.69) is 5.32 Å². The van der Waals surface area contributed by atoms with Crippen molar-refractivity contribution in [3.05, 3.63) is 59.7 Å². The van der Waals surface area contributed by atoms with Gasteiger partial charge in [-0.25, -0.2) is 8.42 Å². The van der Waals surface area contributed by atoms with Crippen molar-refractivity contribution < 1.29 is 17.9 Å². The van der Waals surface area contributed by atoms with Gasteiger partial charge in [-0.05, 0) is 48.7 Å². The maximum absolute atomic E-state index is 12.2. The largest absolute Gasteiger partial charge is 0.497 e. The summed E-state index contributed by atoms with van der Waals surface area (Å²) in [6.45, 7) is 2.04. The van der Waals surface area contributed by atoms with Crippen molar-refractivity contribution in [2.45, 2.75) is 13.3 Å². The molecule has 2 aromatic rings. The van der Waals surface area contributed by atoms with E-state index in [1.165, 1.54) is 0 Å². The monoisotopic (exact) mass is 376 g/mol. The predicted molar refractivity (Wildman–Crippen MR) is 103 cm³/mol. The molecular formula is C19H24N2O4S. The number of carbonyl (C=O) groups excluding carboxylic acids is 1. The van der Waals surface area contributed by atoms with E-state index < -0.39 is 10.0 Å². The lowest BCUT2D eigenvalue weighted by Crippen LogP contribution is -2.41. The molecule has 0 spiro atoms. The number of carbonyl (C=O) groups is 1. The van der Waals surface area contributed by atoms with Crippen LogP contribution in [0.4, 0.5) is 5.69 Å². The molecule has 0 unspecified atom stereocenters. The molecule has 2 aromatic carbocycles. The van der Waals surface area contributed by atoms with Crippen LogP contribution in [0.25, 0.3) is 0 Å². The summed E-state index contributed by atoms with van der Waals surface area (Å²) in [5, 5.41) is 2.77. The summed E-state index contributed by atoms with van der Waals surface area (Å²) in [5.41, 5.74) is 2.44. The molecule has 7 heteroatoms. The van der Waals surface area contributed by atoms with Gasteiger partial charge in [0.15, 0.2) is 0 Å². The Morgan fingerprint density at radius 2 is 1.88 bits per heavy atom. The van der Waals surface area contributed by atoms with Gasteiger partial charge in [-0.15, -0.1) is 0 Å². The van der Waals surface area contributed by atoms with E-state index in [-0.39, 0.29) is 12.5 Å². The van der Waals surface area contributed by atoms with Crippen LogP contribution in [0.2, 0.25) is 0 Å². The summed E-state index contributed by atoms with van der Waals surface area (Å²) < 4.78 is 30.4. The molecule has 0 aromatic heterocycles. The summed E-state index contributed by atoms with van der Waals surface area (Å²) in [5.74, 6) is 0.413. The number of nitrogens with one attached hydrogen (secondary N) is 1. The zero-order valence-electron chi connectivity index (χ0n) is 15.2. The summed E-state index contributed by atoms with van der Waals surface area (Å²) in [6, 6.07) is 14.7. The third-order valence-corrected chi connectivity index (χ3v) is 4.99. The van der Waals surface area contributed by atoms with Crippen LogP contribution in [-0.2, 0) is 21.2 Å². The Kier molecular flexibility index (Phi) is 6.63. The average Bonchev–Trinajstić information content (AvgIpc) is 2.59. The minimum Gasteiger partial charge on any atom is -0.497 e. The molecule has 0 aliphatic rings. The SMILES string of the molecule is COc1cccc(CCNC(=O)CN(c2cccc(C)c2)S(C)(=O)=O)c1. The van der Waals surface area contributed by atoms with Gasteiger partial charge in [-0.1, -0.05) is 24.3 Å². The van der Waals surface area contributed by atoms with Crippen molar-refractivity contribution in [1.29, 1.82) is 0 Å². The third-order valence-electron chi connectivity index (χ3n) is 3.85. The van der Waals surface area contributed by atoms with Crippen molar-refractivity contribution in [3.63, 3.8) is 0 Å². The molecule has 6 nitrogen and oxygen atoms in total. The fourth-order valence-electron chi connectivity index (χ4n) is 2.54. The maximum Gasteiger partial charge on any atom is 0.240 e. The predicted octanol–water partition coefficient (Wildman–Crippen LogP) is 2.13. The number of rotatable bonds is 8. The number of anilines is 1. The van der Waals surface area contributed by atoms with Gasteiger partial charge in [0.05, 0.1) is 19.1 Å². The van der Waals surface area contributed by atoms with E-state index in [0.717, 1.165) is 27.4 Å². The van der Waals surface area contributed by atoms with Crippen LogP contribution in [0.15, 0.2) is 48.5 Å². The highest BCUT2D eigenvalue weighted by Crippen LogP contribution is 2.18. The minimum atomic E-state index is -3.56. The third kappa shape index (κ3) is 5.77. The first-order valence-electron chi connectivity index (χ1n) is 8.23. The highest BCUT2D eigenvalue weighted by molar-refractivity contribution is 7.92. The highest BCUT2D eigenvalue weighted by Gasteiger charge is 2.20. The van der Waals surface area contributed by atoms with Gasteiger partial charge in [0, 0.05) is 6.54 Å². The number of aryl methyl sites for hydroxylation is 1. The Morgan fingerprint density at radius 1 is 1.15 bits per heavy atom. The van der Waals surface area contributed by atoms with Crippen LogP contribution in [0.5, 0.6) is 5.75 Å². The number of hydrogen-bond donors (Lipinski definition) is 1. The molecule has 1 amide bonds. The lowest BCUT2D eigenvalue weighted by molar-refractivity contribution is -0.119. The number of hydrogen-bond acceptors (Lipinski definition) is 4. The standard InChI is InChI=1S/C19H24N2O4S/c1-15-6-4-8-17(12-15)21(26(3,23)24)14-19(22)20-11-10-16-7-5-9-18(13-16)25-2/h4-9,12-13H,10-11,14H2,1-3H3,(H,20,22). The molecule has 0 bridgehead atoms. The number of nitrogens with zero attached hydrogens (tertiary/aromatic N) is 1. The fraction of sp³-hybridized carbons (Fsp3) is 0.316. The Balaban J connectivity index is 1.97. The molecule has 0 aliphatic carbocycles. The zero-order valence-corrected chi connectivity index (χ0v) is 16.0. The molecule has 0 heterocycles. The zero-order chi connectivity index (χ0) is 19.2. The quantitative estimate of drug-likeness (QED) is 0.766. The van der Waals surface area contributed by atoms with Gasteiger partial charge in [-0.3, -0.25) is 9.10 Å². The highest BCUT2D eigenvalue weighted by atomic mass is 32.2. The normalized spacial score (nSPS) is 11.0. The minimum absolute atomic E-state index is 0.250. The number of benzene rings is 2. The second-order valence-electron chi connectivity index (χ2n) is 6.06. The molecule has 26 heavy (non-hydrogen) atoms. The van der Waals surface area contributed by atoms with Crippen LogP contribution < -0.4 is 14.4 Å². The molecule has 0 saturated heterocycles. The lowest BCUT2D eigenvalue weighted by atomic mass is 10.1. The van der Waals surface area contributed by atoms with E-state index in [1.807, 2.05) is 37.3 Å². The fourth-order valence-corrected chi connectivity index (χ4v) is 3.39. The molecule has 0 saturated carbocycles.